The molecule has 0 bridgehead atoms. The summed E-state index contributed by atoms with van der Waals surface area (Å²) >= 11 is 0. The van der Waals surface area contributed by atoms with Gasteiger partial charge in [-0.15, -0.1) is 0 Å². The fourth-order valence-corrected chi connectivity index (χ4v) is 1.97. The van der Waals surface area contributed by atoms with Gasteiger partial charge in [-0.3, -0.25) is 0 Å². The second-order valence-electron chi connectivity index (χ2n) is 4.43. The van der Waals surface area contributed by atoms with Gasteiger partial charge >= 0.3 is 0 Å². The van der Waals surface area contributed by atoms with Crippen molar-refractivity contribution in [1.29, 1.82) is 0 Å². The first-order valence-corrected chi connectivity index (χ1v) is 6.06. The molecule has 0 spiro atoms. The van der Waals surface area contributed by atoms with E-state index >= 15 is 0 Å². The summed E-state index contributed by atoms with van der Waals surface area (Å²) < 4.78 is 14.0. The fraction of sp³-hybridized carbons (Fsp3) is 0.250. The van der Waals surface area contributed by atoms with E-state index in [0.29, 0.717) is 5.56 Å². The molecule has 0 N–H and O–H groups in total. The highest BCUT2D eigenvalue weighted by Gasteiger charge is 2.05. The quantitative estimate of drug-likeness (QED) is 0.711. The van der Waals surface area contributed by atoms with Crippen LogP contribution in [0.2, 0.25) is 0 Å². The van der Waals surface area contributed by atoms with Gasteiger partial charge in [0.25, 0.3) is 0 Å². The molecule has 0 aliphatic carbocycles. The minimum atomic E-state index is -0.125. The number of hydrogen-bond acceptors (Lipinski definition) is 0. The van der Waals surface area contributed by atoms with Crippen LogP contribution in [0.4, 0.5) is 4.39 Å². The maximum absolute atomic E-state index is 14.0. The lowest BCUT2D eigenvalue weighted by Crippen LogP contribution is -1.89. The van der Waals surface area contributed by atoms with Crippen LogP contribution in [0, 0.1) is 12.7 Å². The largest absolute Gasteiger partial charge is 0.206 e. The molecule has 0 atom stereocenters. The van der Waals surface area contributed by atoms with E-state index < -0.39 is 0 Å². The van der Waals surface area contributed by atoms with E-state index in [1.165, 1.54) is 5.56 Å². The smallest absolute Gasteiger partial charge is 0.131 e. The van der Waals surface area contributed by atoms with Gasteiger partial charge in [0.05, 0.1) is 0 Å². The average Bonchev–Trinajstić information content (AvgIpc) is 2.31. The lowest BCUT2D eigenvalue weighted by atomic mass is 10.0. The molecule has 0 aliphatic heterocycles. The van der Waals surface area contributed by atoms with Crippen molar-refractivity contribution in [3.63, 3.8) is 0 Å². The Morgan fingerprint density at radius 3 is 2.29 bits per heavy atom. The summed E-state index contributed by atoms with van der Waals surface area (Å²) in [7, 11) is 0. The number of hydrogen-bond donors (Lipinski definition) is 0. The van der Waals surface area contributed by atoms with Crippen LogP contribution in [0.3, 0.4) is 0 Å². The lowest BCUT2D eigenvalue weighted by molar-refractivity contribution is 0.628. The van der Waals surface area contributed by atoms with Crippen LogP contribution in [0.5, 0.6) is 0 Å². The van der Waals surface area contributed by atoms with Crippen LogP contribution in [0.25, 0.3) is 11.1 Å². The number of halogens is 1. The van der Waals surface area contributed by atoms with Crippen molar-refractivity contribution in [2.45, 2.75) is 26.7 Å². The SMILES string of the molecule is CCCc1ccc(-c2ccc(C)cc2)c(F)c1. The van der Waals surface area contributed by atoms with Gasteiger partial charge in [0.1, 0.15) is 5.82 Å². The molecular weight excluding hydrogens is 211 g/mol. The summed E-state index contributed by atoms with van der Waals surface area (Å²) in [5.41, 5.74) is 3.89. The molecule has 17 heavy (non-hydrogen) atoms. The first-order chi connectivity index (χ1) is 8.20. The molecule has 1 heteroatoms. The number of rotatable bonds is 3. The first kappa shape index (κ1) is 11.8. The zero-order chi connectivity index (χ0) is 12.3. The van der Waals surface area contributed by atoms with Gasteiger partial charge in [-0.1, -0.05) is 55.3 Å². The molecule has 0 radical (unpaired) electrons. The minimum absolute atomic E-state index is 0.125. The Hall–Kier alpha value is -1.63. The second kappa shape index (κ2) is 5.13. The first-order valence-electron chi connectivity index (χ1n) is 6.06. The Balaban J connectivity index is 2.36. The van der Waals surface area contributed by atoms with Crippen LogP contribution in [0.1, 0.15) is 24.5 Å². The minimum Gasteiger partial charge on any atom is -0.206 e. The molecular formula is C16H17F. The van der Waals surface area contributed by atoms with Crippen molar-refractivity contribution in [2.24, 2.45) is 0 Å². The maximum atomic E-state index is 14.0. The molecule has 2 rings (SSSR count). The zero-order valence-electron chi connectivity index (χ0n) is 10.3. The second-order valence-corrected chi connectivity index (χ2v) is 4.43. The molecule has 0 saturated heterocycles. The number of aryl methyl sites for hydroxylation is 2. The molecule has 0 saturated carbocycles. The Bertz CT molecular complexity index is 497. The molecule has 88 valence electrons. The molecule has 0 amide bonds. The highest BCUT2D eigenvalue weighted by molar-refractivity contribution is 5.64. The Morgan fingerprint density at radius 1 is 1.00 bits per heavy atom. The molecule has 2 aromatic rings. The summed E-state index contributed by atoms with van der Waals surface area (Å²) in [5, 5.41) is 0. The van der Waals surface area contributed by atoms with Crippen molar-refractivity contribution < 1.29 is 4.39 Å². The summed E-state index contributed by atoms with van der Waals surface area (Å²) in [6, 6.07) is 13.5. The van der Waals surface area contributed by atoms with E-state index in [1.54, 1.807) is 6.07 Å². The molecule has 0 heterocycles. The van der Waals surface area contributed by atoms with E-state index in [4.69, 9.17) is 0 Å². The van der Waals surface area contributed by atoms with Gasteiger partial charge in [0.2, 0.25) is 0 Å². The number of benzene rings is 2. The topological polar surface area (TPSA) is 0 Å². The molecule has 0 unspecified atom stereocenters. The average molecular weight is 228 g/mol. The van der Waals surface area contributed by atoms with E-state index in [2.05, 4.69) is 6.92 Å². The summed E-state index contributed by atoms with van der Waals surface area (Å²) in [5.74, 6) is -0.125. The van der Waals surface area contributed by atoms with Crippen LogP contribution < -0.4 is 0 Å². The summed E-state index contributed by atoms with van der Waals surface area (Å²) in [6.07, 6.45) is 1.98. The van der Waals surface area contributed by atoms with Gasteiger partial charge in [-0.05, 0) is 30.5 Å². The molecule has 0 nitrogen and oxygen atoms in total. The van der Waals surface area contributed by atoms with E-state index in [1.807, 2.05) is 43.3 Å². The Kier molecular flexibility index (Phi) is 3.58. The molecule has 0 aromatic heterocycles. The monoisotopic (exact) mass is 228 g/mol. The van der Waals surface area contributed by atoms with Crippen molar-refractivity contribution in [3.8, 4) is 11.1 Å². The van der Waals surface area contributed by atoms with E-state index in [9.17, 15) is 4.39 Å². The summed E-state index contributed by atoms with van der Waals surface area (Å²) in [4.78, 5) is 0. The van der Waals surface area contributed by atoms with Crippen LogP contribution >= 0.6 is 0 Å². The molecule has 2 aromatic carbocycles. The Labute approximate surface area is 102 Å². The van der Waals surface area contributed by atoms with E-state index in [0.717, 1.165) is 24.0 Å². The third-order valence-corrected chi connectivity index (χ3v) is 2.93. The third-order valence-electron chi connectivity index (χ3n) is 2.93. The molecule has 0 aliphatic rings. The Morgan fingerprint density at radius 2 is 1.71 bits per heavy atom. The van der Waals surface area contributed by atoms with Gasteiger partial charge in [-0.2, -0.15) is 0 Å². The lowest BCUT2D eigenvalue weighted by Gasteiger charge is -2.06. The van der Waals surface area contributed by atoms with Crippen molar-refractivity contribution in [2.75, 3.05) is 0 Å². The standard InChI is InChI=1S/C16H17F/c1-3-4-13-7-10-15(16(17)11-13)14-8-5-12(2)6-9-14/h5-11H,3-4H2,1-2H3. The predicted molar refractivity (Wildman–Crippen MR) is 70.6 cm³/mol. The van der Waals surface area contributed by atoms with Crippen molar-refractivity contribution >= 4 is 0 Å². The fourth-order valence-electron chi connectivity index (χ4n) is 1.97. The van der Waals surface area contributed by atoms with Crippen molar-refractivity contribution in [1.82, 2.24) is 0 Å². The van der Waals surface area contributed by atoms with Crippen LogP contribution in [-0.2, 0) is 6.42 Å². The van der Waals surface area contributed by atoms with E-state index in [-0.39, 0.29) is 5.82 Å². The maximum Gasteiger partial charge on any atom is 0.131 e. The van der Waals surface area contributed by atoms with Gasteiger partial charge in [-0.25, -0.2) is 4.39 Å². The van der Waals surface area contributed by atoms with Gasteiger partial charge in [0.15, 0.2) is 0 Å². The highest BCUT2D eigenvalue weighted by Crippen LogP contribution is 2.24. The van der Waals surface area contributed by atoms with Gasteiger partial charge in [0, 0.05) is 5.56 Å². The normalized spacial score (nSPS) is 10.5. The zero-order valence-corrected chi connectivity index (χ0v) is 10.3. The van der Waals surface area contributed by atoms with Crippen LogP contribution in [0.15, 0.2) is 42.5 Å². The highest BCUT2D eigenvalue weighted by atomic mass is 19.1. The third kappa shape index (κ3) is 2.73. The predicted octanol–water partition coefficient (Wildman–Crippen LogP) is 4.75. The summed E-state index contributed by atoms with van der Waals surface area (Å²) in [6.45, 7) is 4.14. The van der Waals surface area contributed by atoms with Crippen molar-refractivity contribution in [3.05, 3.63) is 59.4 Å². The molecule has 0 fully saturated rings. The van der Waals surface area contributed by atoms with Crippen LogP contribution in [-0.4, -0.2) is 0 Å². The van der Waals surface area contributed by atoms with Gasteiger partial charge < -0.3 is 0 Å².